The molecule has 0 saturated heterocycles. The highest BCUT2D eigenvalue weighted by Gasteiger charge is 2.07. The summed E-state index contributed by atoms with van der Waals surface area (Å²) in [6, 6.07) is 24.0. The first-order valence-corrected chi connectivity index (χ1v) is 8.67. The van der Waals surface area contributed by atoms with Gasteiger partial charge in [0.05, 0.1) is 6.10 Å². The third kappa shape index (κ3) is 4.68. The minimum Gasteiger partial charge on any atom is -0.374 e. The van der Waals surface area contributed by atoms with Crippen LogP contribution in [-0.4, -0.2) is 19.1 Å². The Bertz CT molecular complexity index is 830. The van der Waals surface area contributed by atoms with Gasteiger partial charge in [-0.05, 0) is 41.8 Å². The maximum atomic E-state index is 12.3. The van der Waals surface area contributed by atoms with E-state index in [2.05, 4.69) is 17.4 Å². The molecule has 0 aromatic heterocycles. The zero-order valence-corrected chi connectivity index (χ0v) is 14.4. The number of carbonyl (C=O) groups excluding carboxylic acids is 1. The Morgan fingerprint density at radius 2 is 1.68 bits per heavy atom. The van der Waals surface area contributed by atoms with Crippen LogP contribution in [0, 0.1) is 0 Å². The van der Waals surface area contributed by atoms with Gasteiger partial charge in [0.2, 0.25) is 0 Å². The van der Waals surface area contributed by atoms with Crippen molar-refractivity contribution in [3.63, 3.8) is 0 Å². The van der Waals surface area contributed by atoms with E-state index < -0.39 is 0 Å². The molecule has 0 radical (unpaired) electrons. The molecule has 0 bridgehead atoms. The highest BCUT2D eigenvalue weighted by atomic mass is 16.5. The van der Waals surface area contributed by atoms with Gasteiger partial charge in [-0.15, -0.1) is 0 Å². The van der Waals surface area contributed by atoms with Crippen molar-refractivity contribution in [3.8, 4) is 0 Å². The zero-order valence-electron chi connectivity index (χ0n) is 14.4. The van der Waals surface area contributed by atoms with E-state index in [9.17, 15) is 4.79 Å². The van der Waals surface area contributed by atoms with Crippen molar-refractivity contribution in [2.45, 2.75) is 19.4 Å². The second kappa shape index (κ2) is 8.45. The van der Waals surface area contributed by atoms with E-state index in [1.54, 1.807) is 0 Å². The van der Waals surface area contributed by atoms with Crippen molar-refractivity contribution in [2.24, 2.45) is 0 Å². The molecule has 1 unspecified atom stereocenters. The molecule has 0 spiro atoms. The van der Waals surface area contributed by atoms with Gasteiger partial charge in [0.1, 0.15) is 0 Å². The van der Waals surface area contributed by atoms with Gasteiger partial charge in [-0.2, -0.15) is 0 Å². The van der Waals surface area contributed by atoms with Crippen LogP contribution < -0.4 is 5.32 Å². The van der Waals surface area contributed by atoms with Crippen LogP contribution in [0.2, 0.25) is 0 Å². The number of amides is 1. The van der Waals surface area contributed by atoms with Gasteiger partial charge in [-0.25, -0.2) is 0 Å². The maximum Gasteiger partial charge on any atom is 0.251 e. The molecule has 0 aliphatic heterocycles. The van der Waals surface area contributed by atoms with Gasteiger partial charge in [0.25, 0.3) is 5.91 Å². The van der Waals surface area contributed by atoms with Crippen LogP contribution in [0.5, 0.6) is 0 Å². The number of hydrogen-bond donors (Lipinski definition) is 1. The molecule has 3 heteroatoms. The molecule has 0 heterocycles. The van der Waals surface area contributed by atoms with Crippen LogP contribution in [-0.2, 0) is 4.74 Å². The van der Waals surface area contributed by atoms with Crippen LogP contribution in [0.3, 0.4) is 0 Å². The molecule has 0 fully saturated rings. The van der Waals surface area contributed by atoms with Crippen molar-refractivity contribution >= 4 is 16.7 Å². The zero-order chi connectivity index (χ0) is 17.5. The molecule has 3 nitrogen and oxygen atoms in total. The van der Waals surface area contributed by atoms with Gasteiger partial charge in [-0.1, -0.05) is 60.7 Å². The Hall–Kier alpha value is -2.65. The summed E-state index contributed by atoms with van der Waals surface area (Å²) in [5.74, 6) is -0.0399. The van der Waals surface area contributed by atoms with E-state index in [1.807, 2.05) is 67.6 Å². The van der Waals surface area contributed by atoms with Crippen molar-refractivity contribution in [3.05, 3.63) is 83.9 Å². The molecule has 3 aromatic rings. The van der Waals surface area contributed by atoms with Gasteiger partial charge in [-0.3, -0.25) is 4.79 Å². The first-order chi connectivity index (χ1) is 12.2. The van der Waals surface area contributed by atoms with E-state index in [-0.39, 0.29) is 12.0 Å². The molecule has 1 N–H and O–H groups in total. The van der Waals surface area contributed by atoms with Crippen LogP contribution in [0.1, 0.15) is 35.4 Å². The molecule has 0 aliphatic rings. The van der Waals surface area contributed by atoms with Crippen molar-refractivity contribution in [1.82, 2.24) is 5.32 Å². The summed E-state index contributed by atoms with van der Waals surface area (Å²) < 4.78 is 5.82. The standard InChI is InChI=1S/C22H23NO2/c1-17(18-8-3-2-4-9-18)25-15-7-14-23-22(24)21-13-12-19-10-5-6-11-20(19)16-21/h2-6,8-13,16-17H,7,14-15H2,1H3,(H,23,24). The maximum absolute atomic E-state index is 12.3. The van der Waals surface area contributed by atoms with E-state index in [4.69, 9.17) is 4.74 Å². The lowest BCUT2D eigenvalue weighted by Crippen LogP contribution is -2.25. The summed E-state index contributed by atoms with van der Waals surface area (Å²) in [5.41, 5.74) is 1.86. The van der Waals surface area contributed by atoms with Crippen molar-refractivity contribution in [2.75, 3.05) is 13.2 Å². The Kier molecular flexibility index (Phi) is 5.81. The second-order valence-electron chi connectivity index (χ2n) is 6.10. The first kappa shape index (κ1) is 17.2. The monoisotopic (exact) mass is 333 g/mol. The predicted octanol–water partition coefficient (Wildman–Crippen LogP) is 4.74. The Balaban J connectivity index is 1.43. The van der Waals surface area contributed by atoms with Gasteiger partial charge in [0.15, 0.2) is 0 Å². The normalized spacial score (nSPS) is 12.0. The molecule has 3 aromatic carbocycles. The summed E-state index contributed by atoms with van der Waals surface area (Å²) in [7, 11) is 0. The minimum atomic E-state index is -0.0399. The lowest BCUT2D eigenvalue weighted by atomic mass is 10.1. The molecular weight excluding hydrogens is 310 g/mol. The number of nitrogens with one attached hydrogen (secondary N) is 1. The van der Waals surface area contributed by atoms with Crippen LogP contribution in [0.15, 0.2) is 72.8 Å². The van der Waals surface area contributed by atoms with E-state index >= 15 is 0 Å². The average Bonchev–Trinajstić information content (AvgIpc) is 2.67. The summed E-state index contributed by atoms with van der Waals surface area (Å²) >= 11 is 0. The van der Waals surface area contributed by atoms with E-state index in [1.165, 1.54) is 5.56 Å². The third-order valence-corrected chi connectivity index (χ3v) is 4.26. The Morgan fingerprint density at radius 3 is 2.48 bits per heavy atom. The lowest BCUT2D eigenvalue weighted by Gasteiger charge is -2.13. The highest BCUT2D eigenvalue weighted by molar-refractivity contribution is 5.98. The molecule has 25 heavy (non-hydrogen) atoms. The fraction of sp³-hybridized carbons (Fsp3) is 0.227. The minimum absolute atomic E-state index is 0.0399. The Morgan fingerprint density at radius 1 is 0.960 bits per heavy atom. The van der Waals surface area contributed by atoms with Crippen LogP contribution >= 0.6 is 0 Å². The topological polar surface area (TPSA) is 38.3 Å². The molecule has 1 atom stereocenters. The van der Waals surface area contributed by atoms with Gasteiger partial charge < -0.3 is 10.1 Å². The van der Waals surface area contributed by atoms with Crippen LogP contribution in [0.4, 0.5) is 0 Å². The van der Waals surface area contributed by atoms with Gasteiger partial charge >= 0.3 is 0 Å². The summed E-state index contributed by atoms with van der Waals surface area (Å²) in [5, 5.41) is 5.18. The number of fused-ring (bicyclic) bond motifs is 1. The van der Waals surface area contributed by atoms with Crippen molar-refractivity contribution < 1.29 is 9.53 Å². The smallest absolute Gasteiger partial charge is 0.251 e. The quantitative estimate of drug-likeness (QED) is 0.634. The average molecular weight is 333 g/mol. The summed E-state index contributed by atoms with van der Waals surface area (Å²) in [6.07, 6.45) is 0.855. The molecule has 3 rings (SSSR count). The molecule has 1 amide bonds. The first-order valence-electron chi connectivity index (χ1n) is 8.67. The number of benzene rings is 3. The molecule has 0 aliphatic carbocycles. The van der Waals surface area contributed by atoms with Crippen molar-refractivity contribution in [1.29, 1.82) is 0 Å². The summed E-state index contributed by atoms with van der Waals surface area (Å²) in [6.45, 7) is 3.27. The van der Waals surface area contributed by atoms with Gasteiger partial charge in [0, 0.05) is 18.7 Å². The molecule has 128 valence electrons. The number of ether oxygens (including phenoxy) is 1. The number of carbonyl (C=O) groups is 1. The largest absolute Gasteiger partial charge is 0.374 e. The van der Waals surface area contributed by atoms with E-state index in [0.29, 0.717) is 18.7 Å². The lowest BCUT2D eigenvalue weighted by molar-refractivity contribution is 0.0635. The second-order valence-corrected chi connectivity index (χ2v) is 6.10. The fourth-order valence-electron chi connectivity index (χ4n) is 2.79. The Labute approximate surface area is 148 Å². The number of rotatable bonds is 7. The summed E-state index contributed by atoms with van der Waals surface area (Å²) in [4.78, 5) is 12.3. The third-order valence-electron chi connectivity index (χ3n) is 4.26. The number of hydrogen-bond acceptors (Lipinski definition) is 2. The molecular formula is C22H23NO2. The van der Waals surface area contributed by atoms with E-state index in [0.717, 1.165) is 17.2 Å². The fourth-order valence-corrected chi connectivity index (χ4v) is 2.79. The SMILES string of the molecule is CC(OCCCNC(=O)c1ccc2ccccc2c1)c1ccccc1. The molecule has 0 saturated carbocycles. The van der Waals surface area contributed by atoms with Crippen LogP contribution in [0.25, 0.3) is 10.8 Å². The highest BCUT2D eigenvalue weighted by Crippen LogP contribution is 2.16. The predicted molar refractivity (Wildman–Crippen MR) is 102 cm³/mol.